The third-order valence-electron chi connectivity index (χ3n) is 6.62. The van der Waals surface area contributed by atoms with Gasteiger partial charge in [0.2, 0.25) is 0 Å². The van der Waals surface area contributed by atoms with Gasteiger partial charge < -0.3 is 9.45 Å². The fourth-order valence-corrected chi connectivity index (χ4v) is 5.36. The molecule has 1 fully saturated rings. The Labute approximate surface area is 229 Å². The van der Waals surface area contributed by atoms with E-state index in [0.717, 1.165) is 45.4 Å². The van der Waals surface area contributed by atoms with E-state index in [1.807, 2.05) is 0 Å². The topological polar surface area (TPSA) is 63.7 Å². The first-order valence-corrected chi connectivity index (χ1v) is 14.1. The molecule has 34 heavy (non-hydrogen) atoms. The van der Waals surface area contributed by atoms with Crippen molar-refractivity contribution in [2.75, 3.05) is 38.5 Å². The molecule has 0 atom stereocenters. The zero-order valence-corrected chi connectivity index (χ0v) is 23.6. The number of piperazine rings is 1. The summed E-state index contributed by atoms with van der Waals surface area (Å²) in [7, 11) is -4.03. The summed E-state index contributed by atoms with van der Waals surface area (Å²) in [6.45, 7) is 5.61. The summed E-state index contributed by atoms with van der Waals surface area (Å²) in [5.41, 5.74) is 2.73. The molecule has 3 rings (SSSR count). The third-order valence-corrected chi connectivity index (χ3v) is 7.41. The van der Waals surface area contributed by atoms with Crippen LogP contribution in [0.4, 0.5) is 0 Å². The van der Waals surface area contributed by atoms with Crippen LogP contribution in [0.3, 0.4) is 0 Å². The first kappa shape index (κ1) is 29.5. The van der Waals surface area contributed by atoms with Crippen LogP contribution in [-0.2, 0) is 10.1 Å². The van der Waals surface area contributed by atoms with Crippen molar-refractivity contribution in [2.45, 2.75) is 57.4 Å². The van der Waals surface area contributed by atoms with E-state index >= 15 is 0 Å². The average molecular weight is 495 g/mol. The Hall–Kier alpha value is -0.730. The molecule has 0 aliphatic carbocycles. The SMILES string of the molecule is O=S(=O)([O-])CCCCCCCCCCN1CCN(C(c2ccccc2)c2ccccc2)CC1.[Na+]. The number of unbranched alkanes of at least 4 members (excludes halogenated alkanes) is 7. The van der Waals surface area contributed by atoms with Gasteiger partial charge >= 0.3 is 29.6 Å². The zero-order valence-electron chi connectivity index (χ0n) is 20.8. The number of nitrogens with zero attached hydrogens (tertiary/aromatic N) is 2. The monoisotopic (exact) mass is 494 g/mol. The van der Waals surface area contributed by atoms with E-state index in [9.17, 15) is 13.0 Å². The third kappa shape index (κ3) is 10.9. The summed E-state index contributed by atoms with van der Waals surface area (Å²) >= 11 is 0. The number of rotatable bonds is 14. The summed E-state index contributed by atoms with van der Waals surface area (Å²) in [5, 5.41) is 0. The Balaban J connectivity index is 0.00000408. The van der Waals surface area contributed by atoms with Gasteiger partial charge in [-0.25, -0.2) is 8.42 Å². The van der Waals surface area contributed by atoms with Gasteiger partial charge in [-0.2, -0.15) is 0 Å². The van der Waals surface area contributed by atoms with E-state index in [-0.39, 0.29) is 35.3 Å². The van der Waals surface area contributed by atoms with Crippen LogP contribution in [0.2, 0.25) is 0 Å². The number of benzene rings is 2. The normalized spacial score (nSPS) is 15.4. The minimum atomic E-state index is -4.03. The van der Waals surface area contributed by atoms with Crippen molar-refractivity contribution in [3.05, 3.63) is 71.8 Å². The van der Waals surface area contributed by atoms with Crippen molar-refractivity contribution in [3.63, 3.8) is 0 Å². The van der Waals surface area contributed by atoms with Gasteiger partial charge in [0, 0.05) is 31.9 Å². The van der Waals surface area contributed by atoms with Crippen molar-refractivity contribution in [2.24, 2.45) is 0 Å². The standard InChI is InChI=1S/C27H40N2O3S.Na/c30-33(31,32)24-14-6-4-2-1-3-5-13-19-28-20-22-29(23-21-28)27(25-15-9-7-10-16-25)26-17-11-8-12-18-26;/h7-12,15-18,27H,1-6,13-14,19-24H2,(H,30,31,32);/q;+1/p-1. The molecule has 0 bridgehead atoms. The molecule has 2 aromatic carbocycles. The molecule has 0 unspecified atom stereocenters. The van der Waals surface area contributed by atoms with E-state index in [1.165, 1.54) is 43.4 Å². The van der Waals surface area contributed by atoms with Crippen LogP contribution in [0.5, 0.6) is 0 Å². The van der Waals surface area contributed by atoms with Crippen LogP contribution in [0.1, 0.15) is 68.5 Å². The van der Waals surface area contributed by atoms with Gasteiger partial charge in [0.25, 0.3) is 0 Å². The predicted octanol–water partition coefficient (Wildman–Crippen LogP) is 2.06. The second kappa shape index (κ2) is 16.1. The minimum Gasteiger partial charge on any atom is -0.748 e. The van der Waals surface area contributed by atoms with Gasteiger partial charge in [-0.3, -0.25) is 4.90 Å². The van der Waals surface area contributed by atoms with Crippen LogP contribution in [0.15, 0.2) is 60.7 Å². The second-order valence-electron chi connectivity index (χ2n) is 9.19. The Bertz CT molecular complexity index is 849. The van der Waals surface area contributed by atoms with Gasteiger partial charge in [0.15, 0.2) is 0 Å². The molecule has 182 valence electrons. The zero-order chi connectivity index (χ0) is 23.4. The quantitative estimate of drug-likeness (QED) is 0.229. The smallest absolute Gasteiger partial charge is 0.748 e. The maximum Gasteiger partial charge on any atom is 1.00 e. The van der Waals surface area contributed by atoms with Crippen molar-refractivity contribution < 1.29 is 42.5 Å². The van der Waals surface area contributed by atoms with Crippen LogP contribution in [0, 0.1) is 0 Å². The molecule has 1 aliphatic heterocycles. The van der Waals surface area contributed by atoms with Gasteiger partial charge in [0.05, 0.1) is 16.2 Å². The minimum absolute atomic E-state index is 0. The second-order valence-corrected chi connectivity index (χ2v) is 10.7. The Kier molecular flexibility index (Phi) is 14.0. The first-order chi connectivity index (χ1) is 16.0. The van der Waals surface area contributed by atoms with E-state index < -0.39 is 10.1 Å². The van der Waals surface area contributed by atoms with E-state index in [2.05, 4.69) is 70.5 Å². The molecule has 1 aliphatic rings. The Morgan fingerprint density at radius 1 is 0.676 bits per heavy atom. The van der Waals surface area contributed by atoms with Gasteiger partial charge in [0.1, 0.15) is 0 Å². The maximum absolute atomic E-state index is 10.6. The molecular weight excluding hydrogens is 455 g/mol. The van der Waals surface area contributed by atoms with Crippen molar-refractivity contribution in [1.29, 1.82) is 0 Å². The molecule has 1 heterocycles. The first-order valence-electron chi connectivity index (χ1n) is 12.5. The average Bonchev–Trinajstić information content (AvgIpc) is 2.82. The molecule has 0 spiro atoms. The Morgan fingerprint density at radius 2 is 1.12 bits per heavy atom. The van der Waals surface area contributed by atoms with Gasteiger partial charge in [-0.1, -0.05) is 99.2 Å². The fourth-order valence-electron chi connectivity index (χ4n) is 4.80. The summed E-state index contributed by atoms with van der Waals surface area (Å²) in [6.07, 6.45) is 8.46. The molecule has 0 aromatic heterocycles. The van der Waals surface area contributed by atoms with Crippen LogP contribution in [0.25, 0.3) is 0 Å². The molecule has 2 aromatic rings. The van der Waals surface area contributed by atoms with E-state index in [4.69, 9.17) is 0 Å². The van der Waals surface area contributed by atoms with Gasteiger partial charge in [-0.15, -0.1) is 0 Å². The summed E-state index contributed by atoms with van der Waals surface area (Å²) in [5.74, 6) is -0.211. The molecule has 5 nitrogen and oxygen atoms in total. The molecule has 0 radical (unpaired) electrons. The van der Waals surface area contributed by atoms with Crippen LogP contribution in [-0.4, -0.2) is 61.2 Å². The number of hydrogen-bond donors (Lipinski definition) is 0. The molecular formula is C27H39N2NaO3S. The van der Waals surface area contributed by atoms with E-state index in [1.54, 1.807) is 0 Å². The van der Waals surface area contributed by atoms with E-state index in [0.29, 0.717) is 12.5 Å². The summed E-state index contributed by atoms with van der Waals surface area (Å²) in [6, 6.07) is 22.0. The molecule has 1 saturated heterocycles. The van der Waals surface area contributed by atoms with Crippen LogP contribution < -0.4 is 29.6 Å². The molecule has 0 amide bonds. The predicted molar refractivity (Wildman–Crippen MR) is 134 cm³/mol. The maximum atomic E-state index is 10.6. The number of hydrogen-bond acceptors (Lipinski definition) is 5. The molecule has 0 N–H and O–H groups in total. The van der Waals surface area contributed by atoms with Crippen molar-refractivity contribution >= 4 is 10.1 Å². The molecule has 0 saturated carbocycles. The van der Waals surface area contributed by atoms with Crippen LogP contribution >= 0.6 is 0 Å². The summed E-state index contributed by atoms with van der Waals surface area (Å²) < 4.78 is 31.8. The largest absolute Gasteiger partial charge is 1.00 e. The fraction of sp³-hybridized carbons (Fsp3) is 0.556. The van der Waals surface area contributed by atoms with Crippen molar-refractivity contribution in [3.8, 4) is 0 Å². The summed E-state index contributed by atoms with van der Waals surface area (Å²) in [4.78, 5) is 5.23. The molecule has 7 heteroatoms. The van der Waals surface area contributed by atoms with Crippen molar-refractivity contribution in [1.82, 2.24) is 9.80 Å². The Morgan fingerprint density at radius 3 is 1.59 bits per heavy atom. The van der Waals surface area contributed by atoms with Gasteiger partial charge in [-0.05, 0) is 30.5 Å².